The zero-order valence-corrected chi connectivity index (χ0v) is 14.1. The van der Waals surface area contributed by atoms with Crippen LogP contribution in [0.25, 0.3) is 0 Å². The lowest BCUT2D eigenvalue weighted by Crippen LogP contribution is -2.42. The Kier molecular flexibility index (Phi) is 5.33. The van der Waals surface area contributed by atoms with Gasteiger partial charge in [-0.3, -0.25) is 4.79 Å². The van der Waals surface area contributed by atoms with Crippen molar-refractivity contribution in [2.45, 2.75) is 6.10 Å². The second kappa shape index (κ2) is 7.64. The number of para-hydroxylation sites is 2. The molecule has 0 spiro atoms. The summed E-state index contributed by atoms with van der Waals surface area (Å²) in [5, 5.41) is 3.61. The van der Waals surface area contributed by atoms with Gasteiger partial charge in [0.2, 0.25) is 0 Å². The zero-order chi connectivity index (χ0) is 16.9. The first kappa shape index (κ1) is 16.7. The SMILES string of the molecule is O=C(COc1ccc(Cl)cc1Cl)NC[C@H]1COc2ccccc2O1. The molecule has 0 radical (unpaired) electrons. The molecule has 3 rings (SSSR count). The number of hydrogen-bond donors (Lipinski definition) is 1. The molecule has 0 aromatic heterocycles. The molecule has 0 bridgehead atoms. The molecule has 0 saturated heterocycles. The molecule has 0 saturated carbocycles. The summed E-state index contributed by atoms with van der Waals surface area (Å²) in [6, 6.07) is 12.2. The van der Waals surface area contributed by atoms with Crippen molar-refractivity contribution in [3.63, 3.8) is 0 Å². The molecule has 1 N–H and O–H groups in total. The summed E-state index contributed by atoms with van der Waals surface area (Å²) in [6.45, 7) is 0.553. The second-order valence-electron chi connectivity index (χ2n) is 5.17. The van der Waals surface area contributed by atoms with Gasteiger partial charge in [-0.25, -0.2) is 0 Å². The summed E-state index contributed by atoms with van der Waals surface area (Å²) in [5.41, 5.74) is 0. The molecule has 0 fully saturated rings. The van der Waals surface area contributed by atoms with E-state index in [1.54, 1.807) is 18.2 Å². The molecule has 1 heterocycles. The highest BCUT2D eigenvalue weighted by Crippen LogP contribution is 2.30. The van der Waals surface area contributed by atoms with Crippen LogP contribution in [0.5, 0.6) is 17.2 Å². The number of rotatable bonds is 5. The second-order valence-corrected chi connectivity index (χ2v) is 6.01. The van der Waals surface area contributed by atoms with Crippen LogP contribution in [0, 0.1) is 0 Å². The van der Waals surface area contributed by atoms with Crippen LogP contribution in [0.1, 0.15) is 0 Å². The Bertz CT molecular complexity index is 738. The van der Waals surface area contributed by atoms with Crippen LogP contribution in [0.4, 0.5) is 0 Å². The largest absolute Gasteiger partial charge is 0.486 e. The number of fused-ring (bicyclic) bond motifs is 1. The van der Waals surface area contributed by atoms with Gasteiger partial charge in [-0.2, -0.15) is 0 Å². The van der Waals surface area contributed by atoms with Crippen molar-refractivity contribution in [3.05, 3.63) is 52.5 Å². The van der Waals surface area contributed by atoms with Crippen LogP contribution in [-0.2, 0) is 4.79 Å². The van der Waals surface area contributed by atoms with Crippen LogP contribution >= 0.6 is 23.2 Å². The molecule has 1 aliphatic rings. The highest BCUT2D eigenvalue weighted by atomic mass is 35.5. The molecule has 7 heteroatoms. The minimum Gasteiger partial charge on any atom is -0.486 e. The predicted molar refractivity (Wildman–Crippen MR) is 91.3 cm³/mol. The van der Waals surface area contributed by atoms with Crippen molar-refractivity contribution in [2.75, 3.05) is 19.8 Å². The highest BCUT2D eigenvalue weighted by molar-refractivity contribution is 6.35. The van der Waals surface area contributed by atoms with Gasteiger partial charge >= 0.3 is 0 Å². The lowest BCUT2D eigenvalue weighted by Gasteiger charge is -2.26. The van der Waals surface area contributed by atoms with Crippen molar-refractivity contribution in [3.8, 4) is 17.2 Å². The molecule has 5 nitrogen and oxygen atoms in total. The van der Waals surface area contributed by atoms with E-state index in [9.17, 15) is 4.79 Å². The molecule has 0 aliphatic carbocycles. The topological polar surface area (TPSA) is 56.8 Å². The summed E-state index contributed by atoms with van der Waals surface area (Å²) < 4.78 is 16.7. The molecular weight excluding hydrogens is 353 g/mol. The molecule has 2 aromatic rings. The fourth-order valence-corrected chi connectivity index (χ4v) is 2.64. The molecule has 0 unspecified atom stereocenters. The number of hydrogen-bond acceptors (Lipinski definition) is 4. The third-order valence-electron chi connectivity index (χ3n) is 3.35. The summed E-state index contributed by atoms with van der Waals surface area (Å²) in [4.78, 5) is 11.9. The van der Waals surface area contributed by atoms with E-state index in [1.807, 2.05) is 24.3 Å². The summed E-state index contributed by atoms with van der Waals surface area (Å²) in [5.74, 6) is 1.51. The summed E-state index contributed by atoms with van der Waals surface area (Å²) >= 11 is 11.8. The van der Waals surface area contributed by atoms with Crippen LogP contribution in [0.15, 0.2) is 42.5 Å². The van der Waals surface area contributed by atoms with Gasteiger partial charge in [0.1, 0.15) is 18.5 Å². The van der Waals surface area contributed by atoms with E-state index < -0.39 is 0 Å². The fraction of sp³-hybridized carbons (Fsp3) is 0.235. The van der Waals surface area contributed by atoms with Crippen molar-refractivity contribution in [1.29, 1.82) is 0 Å². The number of halogens is 2. The maximum absolute atomic E-state index is 11.9. The number of carbonyl (C=O) groups excluding carboxylic acids is 1. The van der Waals surface area contributed by atoms with Crippen LogP contribution in [0.3, 0.4) is 0 Å². The lowest BCUT2D eigenvalue weighted by molar-refractivity contribution is -0.123. The van der Waals surface area contributed by atoms with E-state index in [0.29, 0.717) is 40.4 Å². The van der Waals surface area contributed by atoms with Gasteiger partial charge < -0.3 is 19.5 Å². The van der Waals surface area contributed by atoms with Gasteiger partial charge in [0.15, 0.2) is 18.1 Å². The Morgan fingerprint density at radius 3 is 2.79 bits per heavy atom. The third-order valence-corrected chi connectivity index (χ3v) is 3.88. The van der Waals surface area contributed by atoms with Gasteiger partial charge in [0, 0.05) is 5.02 Å². The predicted octanol–water partition coefficient (Wildman–Crippen LogP) is 3.33. The number of carbonyl (C=O) groups is 1. The molecule has 1 amide bonds. The first-order valence-corrected chi connectivity index (χ1v) is 8.10. The van der Waals surface area contributed by atoms with E-state index in [0.717, 1.165) is 0 Å². The standard InChI is InChI=1S/C17H15Cl2NO4/c18-11-5-6-14(13(19)7-11)23-10-17(21)20-8-12-9-22-15-3-1-2-4-16(15)24-12/h1-7,12H,8-10H2,(H,20,21)/t12-/m0/s1. The molecule has 126 valence electrons. The molecular formula is C17H15Cl2NO4. The van der Waals surface area contributed by atoms with Gasteiger partial charge in [-0.05, 0) is 30.3 Å². The van der Waals surface area contributed by atoms with E-state index in [2.05, 4.69) is 5.32 Å². The Morgan fingerprint density at radius 2 is 2.00 bits per heavy atom. The highest BCUT2D eigenvalue weighted by Gasteiger charge is 2.21. The van der Waals surface area contributed by atoms with Gasteiger partial charge in [0.05, 0.1) is 11.6 Å². The number of benzene rings is 2. The van der Waals surface area contributed by atoms with Crippen molar-refractivity contribution in [1.82, 2.24) is 5.32 Å². The zero-order valence-electron chi connectivity index (χ0n) is 12.6. The number of amides is 1. The first-order valence-electron chi connectivity index (χ1n) is 7.35. The molecule has 24 heavy (non-hydrogen) atoms. The fourth-order valence-electron chi connectivity index (χ4n) is 2.18. The Hall–Kier alpha value is -2.11. The van der Waals surface area contributed by atoms with E-state index in [-0.39, 0.29) is 18.6 Å². The molecule has 2 aromatic carbocycles. The van der Waals surface area contributed by atoms with Gasteiger partial charge in [-0.1, -0.05) is 35.3 Å². The maximum Gasteiger partial charge on any atom is 0.258 e. The Labute approximate surface area is 149 Å². The molecule has 1 atom stereocenters. The monoisotopic (exact) mass is 367 g/mol. The minimum absolute atomic E-state index is 0.147. The average molecular weight is 368 g/mol. The van der Waals surface area contributed by atoms with Crippen LogP contribution in [0.2, 0.25) is 10.0 Å². The Morgan fingerprint density at radius 1 is 1.21 bits per heavy atom. The summed E-state index contributed by atoms with van der Waals surface area (Å²) in [7, 11) is 0. The van der Waals surface area contributed by atoms with E-state index in [1.165, 1.54) is 0 Å². The Balaban J connectivity index is 1.45. The average Bonchev–Trinajstić information content (AvgIpc) is 2.59. The normalized spacial score (nSPS) is 15.7. The van der Waals surface area contributed by atoms with Gasteiger partial charge in [0.25, 0.3) is 5.91 Å². The molecule has 1 aliphatic heterocycles. The number of ether oxygens (including phenoxy) is 3. The lowest BCUT2D eigenvalue weighted by atomic mass is 10.2. The van der Waals surface area contributed by atoms with Crippen LogP contribution < -0.4 is 19.5 Å². The number of nitrogens with one attached hydrogen (secondary N) is 1. The summed E-state index contributed by atoms with van der Waals surface area (Å²) in [6.07, 6.45) is -0.247. The third kappa shape index (κ3) is 4.24. The minimum atomic E-state index is -0.275. The maximum atomic E-state index is 11.9. The smallest absolute Gasteiger partial charge is 0.258 e. The van der Waals surface area contributed by atoms with Crippen LogP contribution in [-0.4, -0.2) is 31.8 Å². The first-order chi connectivity index (χ1) is 11.6. The quantitative estimate of drug-likeness (QED) is 0.880. The van der Waals surface area contributed by atoms with Crippen molar-refractivity contribution < 1.29 is 19.0 Å². The van der Waals surface area contributed by atoms with E-state index in [4.69, 9.17) is 37.4 Å². The van der Waals surface area contributed by atoms with Gasteiger partial charge in [-0.15, -0.1) is 0 Å². The van der Waals surface area contributed by atoms with E-state index >= 15 is 0 Å². The van der Waals surface area contributed by atoms with Crippen molar-refractivity contribution in [2.24, 2.45) is 0 Å². The van der Waals surface area contributed by atoms with Crippen molar-refractivity contribution >= 4 is 29.1 Å².